The molecule has 0 amide bonds. The third-order valence-corrected chi connectivity index (χ3v) is 2.69. The van der Waals surface area contributed by atoms with Crippen molar-refractivity contribution in [3.8, 4) is 5.75 Å². The van der Waals surface area contributed by atoms with Gasteiger partial charge in [0.25, 0.3) is 0 Å². The molecular formula is C14H20O3. The molecular weight excluding hydrogens is 216 g/mol. The van der Waals surface area contributed by atoms with Gasteiger partial charge in [-0.15, -0.1) is 0 Å². The van der Waals surface area contributed by atoms with E-state index in [0.717, 1.165) is 12.0 Å². The van der Waals surface area contributed by atoms with E-state index in [-0.39, 0.29) is 17.6 Å². The number of carbonyl (C=O) groups excluding carboxylic acids is 1. The fourth-order valence-electron chi connectivity index (χ4n) is 1.42. The number of rotatable bonds is 5. The van der Waals surface area contributed by atoms with Crippen molar-refractivity contribution >= 4 is 5.97 Å². The van der Waals surface area contributed by atoms with Gasteiger partial charge in [0.15, 0.2) is 0 Å². The van der Waals surface area contributed by atoms with Gasteiger partial charge in [0, 0.05) is 0 Å². The van der Waals surface area contributed by atoms with Crippen LogP contribution in [0.2, 0.25) is 0 Å². The van der Waals surface area contributed by atoms with Crippen molar-refractivity contribution in [2.75, 3.05) is 6.61 Å². The van der Waals surface area contributed by atoms with Crippen LogP contribution in [0.5, 0.6) is 5.75 Å². The Hall–Kier alpha value is -1.51. The smallest absolute Gasteiger partial charge is 0.313 e. The SMILES string of the molecule is CC(C)CCOC(=O)C(C)c1ccc(O)cc1. The fourth-order valence-corrected chi connectivity index (χ4v) is 1.42. The number of phenols is 1. The van der Waals surface area contributed by atoms with E-state index in [9.17, 15) is 4.79 Å². The van der Waals surface area contributed by atoms with Crippen molar-refractivity contribution in [3.05, 3.63) is 29.8 Å². The van der Waals surface area contributed by atoms with Gasteiger partial charge in [0.05, 0.1) is 12.5 Å². The van der Waals surface area contributed by atoms with Gasteiger partial charge in [-0.1, -0.05) is 26.0 Å². The maximum absolute atomic E-state index is 11.7. The predicted octanol–water partition coefficient (Wildman–Crippen LogP) is 3.09. The highest BCUT2D eigenvalue weighted by atomic mass is 16.5. The summed E-state index contributed by atoms with van der Waals surface area (Å²) in [7, 11) is 0. The molecule has 1 N–H and O–H groups in total. The molecule has 1 aromatic carbocycles. The van der Waals surface area contributed by atoms with E-state index in [1.165, 1.54) is 0 Å². The summed E-state index contributed by atoms with van der Waals surface area (Å²) in [6, 6.07) is 6.63. The molecule has 17 heavy (non-hydrogen) atoms. The Bertz CT molecular complexity index is 354. The van der Waals surface area contributed by atoms with Gasteiger partial charge < -0.3 is 9.84 Å². The van der Waals surface area contributed by atoms with Crippen molar-refractivity contribution in [2.45, 2.75) is 33.1 Å². The Morgan fingerprint density at radius 1 is 1.24 bits per heavy atom. The molecule has 0 bridgehead atoms. The first-order valence-corrected chi connectivity index (χ1v) is 5.96. The molecule has 3 nitrogen and oxygen atoms in total. The topological polar surface area (TPSA) is 46.5 Å². The number of ether oxygens (including phenoxy) is 1. The van der Waals surface area contributed by atoms with Crippen LogP contribution < -0.4 is 0 Å². The maximum Gasteiger partial charge on any atom is 0.313 e. The van der Waals surface area contributed by atoms with Crippen LogP contribution in [0.4, 0.5) is 0 Å². The number of hydrogen-bond acceptors (Lipinski definition) is 3. The summed E-state index contributed by atoms with van der Waals surface area (Å²) in [6.45, 7) is 6.47. The van der Waals surface area contributed by atoms with Gasteiger partial charge in [0.2, 0.25) is 0 Å². The van der Waals surface area contributed by atoms with Crippen LogP contribution in [-0.2, 0) is 9.53 Å². The van der Waals surface area contributed by atoms with Crippen LogP contribution in [0.25, 0.3) is 0 Å². The van der Waals surface area contributed by atoms with Crippen LogP contribution in [0.3, 0.4) is 0 Å². The summed E-state index contributed by atoms with van der Waals surface area (Å²) < 4.78 is 5.20. The number of esters is 1. The summed E-state index contributed by atoms with van der Waals surface area (Å²) in [5.74, 6) is 0.236. The minimum atomic E-state index is -0.289. The van der Waals surface area contributed by atoms with Crippen LogP contribution in [-0.4, -0.2) is 17.7 Å². The summed E-state index contributed by atoms with van der Waals surface area (Å²) in [5.41, 5.74) is 0.859. The Kier molecular flexibility index (Phi) is 5.01. The third-order valence-electron chi connectivity index (χ3n) is 2.69. The Balaban J connectivity index is 2.49. The summed E-state index contributed by atoms with van der Waals surface area (Å²) in [6.07, 6.45) is 0.883. The highest BCUT2D eigenvalue weighted by Crippen LogP contribution is 2.19. The number of hydrogen-bond donors (Lipinski definition) is 1. The highest BCUT2D eigenvalue weighted by molar-refractivity contribution is 5.77. The molecule has 0 aliphatic rings. The van der Waals surface area contributed by atoms with E-state index in [0.29, 0.717) is 12.5 Å². The molecule has 0 aromatic heterocycles. The van der Waals surface area contributed by atoms with Crippen LogP contribution in [0, 0.1) is 5.92 Å². The van der Waals surface area contributed by atoms with Crippen molar-refractivity contribution in [1.29, 1.82) is 0 Å². The predicted molar refractivity (Wildman–Crippen MR) is 66.9 cm³/mol. The van der Waals surface area contributed by atoms with Crippen molar-refractivity contribution in [3.63, 3.8) is 0 Å². The van der Waals surface area contributed by atoms with E-state index in [1.54, 1.807) is 24.3 Å². The average molecular weight is 236 g/mol. The van der Waals surface area contributed by atoms with Gasteiger partial charge in [-0.3, -0.25) is 4.79 Å². The largest absolute Gasteiger partial charge is 0.508 e. The number of phenolic OH excluding ortho intramolecular Hbond substituents is 1. The van der Waals surface area contributed by atoms with Gasteiger partial charge in [-0.05, 0) is 37.0 Å². The van der Waals surface area contributed by atoms with E-state index < -0.39 is 0 Å². The van der Waals surface area contributed by atoms with Gasteiger partial charge in [-0.25, -0.2) is 0 Å². The maximum atomic E-state index is 11.7. The van der Waals surface area contributed by atoms with E-state index in [2.05, 4.69) is 13.8 Å². The first kappa shape index (κ1) is 13.6. The summed E-state index contributed by atoms with van der Waals surface area (Å²) >= 11 is 0. The number of benzene rings is 1. The zero-order valence-corrected chi connectivity index (χ0v) is 10.6. The lowest BCUT2D eigenvalue weighted by Crippen LogP contribution is -2.14. The lowest BCUT2D eigenvalue weighted by atomic mass is 10.0. The van der Waals surface area contributed by atoms with Crippen molar-refractivity contribution in [1.82, 2.24) is 0 Å². The van der Waals surface area contributed by atoms with Crippen LogP contribution in [0.15, 0.2) is 24.3 Å². The molecule has 1 rings (SSSR count). The van der Waals surface area contributed by atoms with E-state index in [4.69, 9.17) is 9.84 Å². The quantitative estimate of drug-likeness (QED) is 0.799. The Morgan fingerprint density at radius 3 is 2.35 bits per heavy atom. The average Bonchev–Trinajstić information content (AvgIpc) is 2.28. The van der Waals surface area contributed by atoms with Gasteiger partial charge in [0.1, 0.15) is 5.75 Å². The molecule has 3 heteroatoms. The zero-order valence-electron chi connectivity index (χ0n) is 10.6. The second-order valence-corrected chi connectivity index (χ2v) is 4.66. The standard InChI is InChI=1S/C14H20O3/c1-10(2)8-9-17-14(16)11(3)12-4-6-13(15)7-5-12/h4-7,10-11,15H,8-9H2,1-3H3. The molecule has 0 aliphatic carbocycles. The normalized spacial score (nSPS) is 12.5. The zero-order chi connectivity index (χ0) is 12.8. The monoisotopic (exact) mass is 236 g/mol. The minimum absolute atomic E-state index is 0.203. The first-order chi connectivity index (χ1) is 8.00. The lowest BCUT2D eigenvalue weighted by Gasteiger charge is -2.12. The van der Waals surface area contributed by atoms with Crippen molar-refractivity contribution < 1.29 is 14.6 Å². The van der Waals surface area contributed by atoms with Gasteiger partial charge >= 0.3 is 5.97 Å². The molecule has 1 unspecified atom stereocenters. The third kappa shape index (κ3) is 4.47. The molecule has 0 saturated heterocycles. The fraction of sp³-hybridized carbons (Fsp3) is 0.500. The molecule has 0 spiro atoms. The van der Waals surface area contributed by atoms with Crippen molar-refractivity contribution in [2.24, 2.45) is 5.92 Å². The number of carbonyl (C=O) groups is 1. The molecule has 0 heterocycles. The van der Waals surface area contributed by atoms with Crippen LogP contribution in [0.1, 0.15) is 38.7 Å². The second kappa shape index (κ2) is 6.28. The molecule has 1 aromatic rings. The molecule has 0 radical (unpaired) electrons. The summed E-state index contributed by atoms with van der Waals surface area (Å²) in [4.78, 5) is 11.7. The van der Waals surface area contributed by atoms with Gasteiger partial charge in [-0.2, -0.15) is 0 Å². The Labute approximate surface area is 102 Å². The molecule has 94 valence electrons. The van der Waals surface area contributed by atoms with Crippen LogP contribution >= 0.6 is 0 Å². The molecule has 0 aliphatic heterocycles. The molecule has 0 saturated carbocycles. The number of aromatic hydroxyl groups is 1. The highest BCUT2D eigenvalue weighted by Gasteiger charge is 2.16. The van der Waals surface area contributed by atoms with E-state index >= 15 is 0 Å². The molecule has 0 fully saturated rings. The lowest BCUT2D eigenvalue weighted by molar-refractivity contribution is -0.145. The first-order valence-electron chi connectivity index (χ1n) is 5.96. The summed E-state index contributed by atoms with van der Waals surface area (Å²) in [5, 5.41) is 9.16. The van der Waals surface area contributed by atoms with E-state index in [1.807, 2.05) is 6.92 Å². The molecule has 1 atom stereocenters. The Morgan fingerprint density at radius 2 is 1.82 bits per heavy atom. The minimum Gasteiger partial charge on any atom is -0.508 e. The second-order valence-electron chi connectivity index (χ2n) is 4.66.